The van der Waals surface area contributed by atoms with Crippen LogP contribution in [0.2, 0.25) is 0 Å². The zero-order valence-corrected chi connectivity index (χ0v) is 36.8. The Balaban J connectivity index is 0.989. The summed E-state index contributed by atoms with van der Waals surface area (Å²) in [6.45, 7) is 0. The molecule has 6 aromatic heterocycles. The first-order chi connectivity index (χ1) is 33.7. The molecule has 0 aliphatic carbocycles. The first-order valence-corrected chi connectivity index (χ1v) is 23.2. The molecule has 318 valence electrons. The second-order valence-electron chi connectivity index (χ2n) is 16.7. The summed E-state index contributed by atoms with van der Waals surface area (Å²) in [7, 11) is 0. The molecular weight excluding hydrogens is 857 g/mol. The highest BCUT2D eigenvalue weighted by Gasteiger charge is 2.25. The molecule has 0 saturated heterocycles. The van der Waals surface area contributed by atoms with Crippen LogP contribution in [0.5, 0.6) is 0 Å². The van der Waals surface area contributed by atoms with E-state index >= 15 is 0 Å². The molecular formula is C58H34N8OS. The van der Waals surface area contributed by atoms with Gasteiger partial charge in [-0.25, -0.2) is 14.5 Å². The van der Waals surface area contributed by atoms with E-state index in [1.807, 2.05) is 138 Å². The third-order valence-electron chi connectivity index (χ3n) is 12.7. The molecule has 0 amide bonds. The summed E-state index contributed by atoms with van der Waals surface area (Å²) in [6.07, 6.45) is 0. The van der Waals surface area contributed by atoms with E-state index in [4.69, 9.17) is 34.3 Å². The summed E-state index contributed by atoms with van der Waals surface area (Å²) < 4.78 is 12.2. The van der Waals surface area contributed by atoms with Gasteiger partial charge in [0.2, 0.25) is 17.6 Å². The lowest BCUT2D eigenvalue weighted by Gasteiger charge is -2.11. The number of fused-ring (bicyclic) bond motifs is 10. The maximum atomic E-state index is 6.76. The number of para-hydroxylation sites is 1. The molecule has 0 aliphatic rings. The van der Waals surface area contributed by atoms with Gasteiger partial charge in [0.15, 0.2) is 23.3 Å². The van der Waals surface area contributed by atoms with Crippen molar-refractivity contribution in [2.75, 3.05) is 0 Å². The predicted octanol–water partition coefficient (Wildman–Crippen LogP) is 14.5. The van der Waals surface area contributed by atoms with Gasteiger partial charge in [0.25, 0.3) is 0 Å². The third kappa shape index (κ3) is 6.08. The molecule has 68 heavy (non-hydrogen) atoms. The van der Waals surface area contributed by atoms with Gasteiger partial charge < -0.3 is 4.42 Å². The molecule has 0 bridgehead atoms. The van der Waals surface area contributed by atoms with Crippen LogP contribution in [-0.2, 0) is 0 Å². The van der Waals surface area contributed by atoms with Crippen LogP contribution in [0.15, 0.2) is 211 Å². The molecule has 0 radical (unpaired) electrons. The van der Waals surface area contributed by atoms with Crippen LogP contribution in [0, 0.1) is 0 Å². The first kappa shape index (κ1) is 38.2. The van der Waals surface area contributed by atoms with E-state index in [-0.39, 0.29) is 0 Å². The van der Waals surface area contributed by atoms with Gasteiger partial charge in [0, 0.05) is 53.9 Å². The highest BCUT2D eigenvalue weighted by Crippen LogP contribution is 2.45. The quantitative estimate of drug-likeness (QED) is 0.157. The van der Waals surface area contributed by atoms with E-state index in [9.17, 15) is 0 Å². The Morgan fingerprint density at radius 3 is 1.29 bits per heavy atom. The van der Waals surface area contributed by atoms with Crippen LogP contribution in [0.3, 0.4) is 0 Å². The van der Waals surface area contributed by atoms with Crippen LogP contribution in [0.25, 0.3) is 133 Å². The van der Waals surface area contributed by atoms with Crippen molar-refractivity contribution in [1.82, 2.24) is 39.0 Å². The number of aromatic nitrogens is 8. The molecule has 0 spiro atoms. The second kappa shape index (κ2) is 15.2. The van der Waals surface area contributed by atoms with Crippen LogP contribution >= 0.6 is 11.3 Å². The smallest absolute Gasteiger partial charge is 0.241 e. The van der Waals surface area contributed by atoms with Crippen molar-refractivity contribution < 1.29 is 4.42 Å². The molecule has 9 nitrogen and oxygen atoms in total. The van der Waals surface area contributed by atoms with Gasteiger partial charge in [-0.3, -0.25) is 4.57 Å². The van der Waals surface area contributed by atoms with E-state index in [1.54, 1.807) is 11.3 Å². The number of hydrogen-bond donors (Lipinski definition) is 0. The molecule has 0 saturated carbocycles. The zero-order chi connectivity index (χ0) is 44.7. The summed E-state index contributed by atoms with van der Waals surface area (Å²) in [6, 6.07) is 70.5. The van der Waals surface area contributed by atoms with Crippen LogP contribution in [-0.4, -0.2) is 39.0 Å². The summed E-state index contributed by atoms with van der Waals surface area (Å²) in [5.74, 6) is 3.43. The minimum atomic E-state index is 0.475. The first-order valence-electron chi connectivity index (χ1n) is 22.4. The van der Waals surface area contributed by atoms with Crippen LogP contribution < -0.4 is 0 Å². The van der Waals surface area contributed by atoms with Crippen molar-refractivity contribution in [3.63, 3.8) is 0 Å². The topological polar surface area (TPSA) is 100 Å². The van der Waals surface area contributed by atoms with Crippen molar-refractivity contribution in [1.29, 1.82) is 0 Å². The minimum absolute atomic E-state index is 0.475. The highest BCUT2D eigenvalue weighted by atomic mass is 32.1. The Bertz CT molecular complexity index is 3860. The fraction of sp³-hybridized carbons (Fsp3) is 0. The summed E-state index contributed by atoms with van der Waals surface area (Å²) in [5, 5.41) is 6.51. The molecule has 8 aromatic carbocycles. The van der Waals surface area contributed by atoms with Gasteiger partial charge in [-0.15, -0.1) is 11.3 Å². The maximum absolute atomic E-state index is 6.76. The third-order valence-corrected chi connectivity index (χ3v) is 13.8. The Labute approximate surface area is 392 Å². The maximum Gasteiger partial charge on any atom is 0.241 e. The minimum Gasteiger partial charge on any atom is -0.439 e. The van der Waals surface area contributed by atoms with Gasteiger partial charge in [-0.2, -0.15) is 19.9 Å². The number of thiophene rings is 1. The number of rotatable bonds is 7. The van der Waals surface area contributed by atoms with Gasteiger partial charge in [0.05, 0.1) is 16.4 Å². The molecule has 14 rings (SSSR count). The summed E-state index contributed by atoms with van der Waals surface area (Å²) >= 11 is 1.75. The molecule has 0 unspecified atom stereocenters. The predicted molar refractivity (Wildman–Crippen MR) is 274 cm³/mol. The number of nitrogens with zero attached hydrogens (tertiary/aromatic N) is 8. The second-order valence-corrected chi connectivity index (χ2v) is 17.8. The lowest BCUT2D eigenvalue weighted by Crippen LogP contribution is -2.06. The Kier molecular flexibility index (Phi) is 8.55. The van der Waals surface area contributed by atoms with Crippen molar-refractivity contribution in [2.45, 2.75) is 0 Å². The SMILES string of the molecule is c1ccc(-c2nc(-c3ccccc3)nc(-n3c4ccc(-c5ccc6c(c5)c5c7ccccc7sc5n6-c5nc(-c6ccccc6)nc(-c6ccccc6)n5)cc4c4c5ccccc5oc43)n2)cc1. The van der Waals surface area contributed by atoms with Crippen molar-refractivity contribution >= 4 is 75.5 Å². The van der Waals surface area contributed by atoms with E-state index < -0.39 is 0 Å². The molecule has 0 aliphatic heterocycles. The standard InChI is InChI=1S/C58H34N8OS/c1-5-17-35(18-6-1)51-59-52(36-19-7-2-8-20-36)62-57(61-51)65-45-31-29-39(33-43(45)49-41-25-13-15-27-47(41)67-55(49)65)40-30-32-46-44(34-40)50-42-26-14-16-28-48(42)68-56(50)66(46)58-63-53(37-21-9-3-10-22-37)60-54(64-58)38-23-11-4-12-24-38/h1-34H. The molecule has 14 aromatic rings. The largest absolute Gasteiger partial charge is 0.439 e. The zero-order valence-electron chi connectivity index (χ0n) is 36.0. The summed E-state index contributed by atoms with van der Waals surface area (Å²) in [5.41, 5.74) is 9.18. The van der Waals surface area contributed by atoms with E-state index in [2.05, 4.69) is 77.4 Å². The van der Waals surface area contributed by atoms with Gasteiger partial charge in [0.1, 0.15) is 10.4 Å². The van der Waals surface area contributed by atoms with Crippen molar-refractivity contribution in [3.05, 3.63) is 206 Å². The lowest BCUT2D eigenvalue weighted by atomic mass is 10.00. The Morgan fingerprint density at radius 1 is 0.338 bits per heavy atom. The van der Waals surface area contributed by atoms with E-state index in [0.29, 0.717) is 40.9 Å². The normalized spacial score (nSPS) is 11.8. The van der Waals surface area contributed by atoms with Crippen LogP contribution in [0.1, 0.15) is 0 Å². The summed E-state index contributed by atoms with van der Waals surface area (Å²) in [4.78, 5) is 31.7. The van der Waals surface area contributed by atoms with E-state index in [0.717, 1.165) is 76.4 Å². The Morgan fingerprint density at radius 2 is 0.765 bits per heavy atom. The monoisotopic (exact) mass is 890 g/mol. The van der Waals surface area contributed by atoms with E-state index in [1.165, 1.54) is 15.5 Å². The molecule has 0 atom stereocenters. The average Bonchev–Trinajstić information content (AvgIpc) is 4.15. The number of hydrogen-bond acceptors (Lipinski definition) is 8. The lowest BCUT2D eigenvalue weighted by molar-refractivity contribution is 0.641. The van der Waals surface area contributed by atoms with Crippen molar-refractivity contribution in [2.24, 2.45) is 0 Å². The molecule has 0 N–H and O–H groups in total. The molecule has 10 heteroatoms. The molecule has 0 fully saturated rings. The highest BCUT2D eigenvalue weighted by molar-refractivity contribution is 7.25. The Hall–Kier alpha value is -9.12. The number of furan rings is 1. The average molecular weight is 891 g/mol. The number of benzene rings is 8. The van der Waals surface area contributed by atoms with Crippen molar-refractivity contribution in [3.8, 4) is 68.6 Å². The van der Waals surface area contributed by atoms with Crippen LogP contribution in [0.4, 0.5) is 0 Å². The molecule has 6 heterocycles. The van der Waals surface area contributed by atoms with Gasteiger partial charge in [-0.1, -0.05) is 170 Å². The fourth-order valence-electron chi connectivity index (χ4n) is 9.53. The fourth-order valence-corrected chi connectivity index (χ4v) is 10.8. The van der Waals surface area contributed by atoms with Gasteiger partial charge in [-0.05, 0) is 47.5 Å². The van der Waals surface area contributed by atoms with Gasteiger partial charge >= 0.3 is 0 Å².